The van der Waals surface area contributed by atoms with Crippen molar-refractivity contribution in [2.45, 2.75) is 24.3 Å². The molecule has 1 unspecified atom stereocenters. The Hall–Kier alpha value is -2.65. The van der Waals surface area contributed by atoms with Gasteiger partial charge in [0, 0.05) is 22.8 Å². The fourth-order valence-electron chi connectivity index (χ4n) is 2.05. The van der Waals surface area contributed by atoms with E-state index in [9.17, 15) is 24.1 Å². The van der Waals surface area contributed by atoms with Gasteiger partial charge >= 0.3 is 5.97 Å². The second kappa shape index (κ2) is 10.0. The molecule has 0 saturated heterocycles. The summed E-state index contributed by atoms with van der Waals surface area (Å²) in [6.45, 7) is 1.38. The minimum absolute atomic E-state index is 0.0515. The molecule has 28 heavy (non-hydrogen) atoms. The van der Waals surface area contributed by atoms with Gasteiger partial charge in [-0.1, -0.05) is 11.6 Å². The van der Waals surface area contributed by atoms with Crippen molar-refractivity contribution in [3.05, 3.63) is 63.4 Å². The molecular weight excluding hydrogens is 411 g/mol. The number of anilines is 1. The number of nitrogens with zero attached hydrogens (tertiary/aromatic N) is 1. The van der Waals surface area contributed by atoms with Gasteiger partial charge in [-0.25, -0.2) is 4.39 Å². The van der Waals surface area contributed by atoms with Gasteiger partial charge in [0.05, 0.1) is 22.1 Å². The normalized spacial score (nSPS) is 11.5. The molecule has 10 heteroatoms. The van der Waals surface area contributed by atoms with Crippen LogP contribution in [-0.2, 0) is 14.3 Å². The molecule has 0 spiro atoms. The third-order valence-corrected chi connectivity index (χ3v) is 4.83. The number of hydrogen-bond acceptors (Lipinski definition) is 6. The predicted molar refractivity (Wildman–Crippen MR) is 104 cm³/mol. The fraction of sp³-hybridized carbons (Fsp3) is 0.222. The van der Waals surface area contributed by atoms with E-state index in [0.29, 0.717) is 5.75 Å². The van der Waals surface area contributed by atoms with E-state index in [2.05, 4.69) is 5.32 Å². The van der Waals surface area contributed by atoms with Gasteiger partial charge in [0.2, 0.25) is 0 Å². The number of nitro benzene ring substituents is 1. The van der Waals surface area contributed by atoms with Crippen LogP contribution in [0.15, 0.2) is 47.4 Å². The van der Waals surface area contributed by atoms with Crippen LogP contribution in [0.1, 0.15) is 13.3 Å². The van der Waals surface area contributed by atoms with E-state index in [1.54, 1.807) is 12.1 Å². The van der Waals surface area contributed by atoms with Gasteiger partial charge in [-0.05, 0) is 37.3 Å². The second-order valence-corrected chi connectivity index (χ2v) is 7.17. The third kappa shape index (κ3) is 6.50. The van der Waals surface area contributed by atoms with Crippen molar-refractivity contribution in [2.75, 3.05) is 11.1 Å². The zero-order valence-electron chi connectivity index (χ0n) is 14.7. The largest absolute Gasteiger partial charge is 0.453 e. The number of halogens is 2. The molecule has 2 aromatic rings. The number of non-ortho nitro benzene ring substituents is 1. The average Bonchev–Trinajstić information content (AvgIpc) is 2.64. The zero-order valence-corrected chi connectivity index (χ0v) is 16.3. The van der Waals surface area contributed by atoms with Crippen LogP contribution in [0, 0.1) is 15.9 Å². The molecule has 0 aliphatic carbocycles. The first-order chi connectivity index (χ1) is 13.3. The molecule has 0 bridgehead atoms. The minimum Gasteiger partial charge on any atom is -0.453 e. The molecule has 0 saturated carbocycles. The molecule has 1 atom stereocenters. The van der Waals surface area contributed by atoms with E-state index in [1.165, 1.54) is 43.0 Å². The van der Waals surface area contributed by atoms with Crippen molar-refractivity contribution in [3.63, 3.8) is 0 Å². The van der Waals surface area contributed by atoms with Crippen molar-refractivity contribution in [1.29, 1.82) is 0 Å². The van der Waals surface area contributed by atoms with Crippen molar-refractivity contribution < 1.29 is 23.6 Å². The maximum absolute atomic E-state index is 12.8. The Morgan fingerprint density at radius 1 is 1.29 bits per heavy atom. The van der Waals surface area contributed by atoms with Gasteiger partial charge in [-0.2, -0.15) is 0 Å². The van der Waals surface area contributed by atoms with Crippen molar-refractivity contribution in [2.24, 2.45) is 0 Å². The number of esters is 1. The lowest BCUT2D eigenvalue weighted by Crippen LogP contribution is -2.30. The number of nitro groups is 1. The summed E-state index contributed by atoms with van der Waals surface area (Å²) in [6, 6.07) is 9.47. The average molecular weight is 427 g/mol. The van der Waals surface area contributed by atoms with Crippen LogP contribution < -0.4 is 5.32 Å². The number of amides is 1. The minimum atomic E-state index is -1.11. The van der Waals surface area contributed by atoms with E-state index >= 15 is 0 Å². The summed E-state index contributed by atoms with van der Waals surface area (Å²) >= 11 is 7.27. The lowest BCUT2D eigenvalue weighted by molar-refractivity contribution is -0.384. The SMILES string of the molecule is CC(OC(=O)CCSc1ccc(F)cc1)C(=O)Nc1cc([N+](=O)[O-])ccc1Cl. The van der Waals surface area contributed by atoms with E-state index < -0.39 is 22.9 Å². The molecule has 2 rings (SSSR count). The molecule has 0 radical (unpaired) electrons. The number of rotatable bonds is 8. The maximum atomic E-state index is 12.8. The summed E-state index contributed by atoms with van der Waals surface area (Å²) in [5.41, 5.74) is -0.183. The third-order valence-electron chi connectivity index (χ3n) is 3.48. The maximum Gasteiger partial charge on any atom is 0.307 e. The van der Waals surface area contributed by atoms with Crippen LogP contribution in [0.5, 0.6) is 0 Å². The van der Waals surface area contributed by atoms with Crippen LogP contribution >= 0.6 is 23.4 Å². The molecule has 2 aromatic carbocycles. The molecule has 0 aliphatic heterocycles. The van der Waals surface area contributed by atoms with Crippen molar-refractivity contribution in [1.82, 2.24) is 0 Å². The summed E-state index contributed by atoms with van der Waals surface area (Å²) in [5.74, 6) is -1.19. The quantitative estimate of drug-likeness (QED) is 0.290. The Bertz CT molecular complexity index is 879. The monoisotopic (exact) mass is 426 g/mol. The first-order valence-corrected chi connectivity index (χ1v) is 9.45. The highest BCUT2D eigenvalue weighted by atomic mass is 35.5. The Balaban J connectivity index is 1.83. The topological polar surface area (TPSA) is 98.5 Å². The van der Waals surface area contributed by atoms with Crippen LogP contribution in [0.2, 0.25) is 5.02 Å². The molecule has 0 aromatic heterocycles. The number of ether oxygens (including phenoxy) is 1. The van der Waals surface area contributed by atoms with Gasteiger partial charge < -0.3 is 10.1 Å². The summed E-state index contributed by atoms with van der Waals surface area (Å²) < 4.78 is 17.9. The number of thioether (sulfide) groups is 1. The zero-order chi connectivity index (χ0) is 20.7. The molecular formula is C18H16ClFN2O5S. The van der Waals surface area contributed by atoms with Gasteiger partial charge in [-0.3, -0.25) is 19.7 Å². The Morgan fingerprint density at radius 3 is 2.61 bits per heavy atom. The smallest absolute Gasteiger partial charge is 0.307 e. The number of carbonyl (C=O) groups is 2. The number of hydrogen-bond donors (Lipinski definition) is 1. The second-order valence-electron chi connectivity index (χ2n) is 5.59. The molecule has 0 fully saturated rings. The summed E-state index contributed by atoms with van der Waals surface area (Å²) in [5, 5.41) is 13.3. The van der Waals surface area contributed by atoms with Crippen molar-refractivity contribution >= 4 is 46.6 Å². The highest BCUT2D eigenvalue weighted by molar-refractivity contribution is 7.99. The number of nitrogens with one attached hydrogen (secondary N) is 1. The van der Waals surface area contributed by atoms with E-state index in [1.807, 2.05) is 0 Å². The number of carbonyl (C=O) groups excluding carboxylic acids is 2. The Labute approximate surface area is 169 Å². The van der Waals surface area contributed by atoms with Crippen LogP contribution in [0.25, 0.3) is 0 Å². The standard InChI is InChI=1S/C18H16ClFN2O5S/c1-11(18(24)21-16-10-13(22(25)26)4-7-15(16)19)27-17(23)8-9-28-14-5-2-12(20)3-6-14/h2-7,10-11H,8-9H2,1H3,(H,21,24). The molecule has 0 heterocycles. The highest BCUT2D eigenvalue weighted by Gasteiger charge is 2.20. The van der Waals surface area contributed by atoms with Crippen molar-refractivity contribution in [3.8, 4) is 0 Å². The Morgan fingerprint density at radius 2 is 1.96 bits per heavy atom. The van der Waals surface area contributed by atoms with Gasteiger partial charge in [-0.15, -0.1) is 11.8 Å². The van der Waals surface area contributed by atoms with E-state index in [4.69, 9.17) is 16.3 Å². The first kappa shape index (κ1) is 21.6. The lowest BCUT2D eigenvalue weighted by atomic mass is 10.2. The van der Waals surface area contributed by atoms with E-state index in [-0.39, 0.29) is 28.6 Å². The Kier molecular flexibility index (Phi) is 7.77. The van der Waals surface area contributed by atoms with E-state index in [0.717, 1.165) is 11.0 Å². The molecule has 7 nitrogen and oxygen atoms in total. The molecule has 1 amide bonds. The summed E-state index contributed by atoms with van der Waals surface area (Å²) in [4.78, 5) is 35.0. The highest BCUT2D eigenvalue weighted by Crippen LogP contribution is 2.27. The molecule has 148 valence electrons. The number of benzene rings is 2. The predicted octanol–water partition coefficient (Wildman–Crippen LogP) is 4.44. The fourth-order valence-corrected chi connectivity index (χ4v) is 3.05. The lowest BCUT2D eigenvalue weighted by Gasteiger charge is -2.14. The van der Waals surface area contributed by atoms with Crippen LogP contribution in [-0.4, -0.2) is 28.7 Å². The van der Waals surface area contributed by atoms with Gasteiger partial charge in [0.15, 0.2) is 6.10 Å². The summed E-state index contributed by atoms with van der Waals surface area (Å²) in [6.07, 6.45) is -1.06. The summed E-state index contributed by atoms with van der Waals surface area (Å²) in [7, 11) is 0. The van der Waals surface area contributed by atoms with Gasteiger partial charge in [0.1, 0.15) is 5.82 Å². The molecule has 1 N–H and O–H groups in total. The first-order valence-electron chi connectivity index (χ1n) is 8.09. The van der Waals surface area contributed by atoms with Gasteiger partial charge in [0.25, 0.3) is 11.6 Å². The molecule has 0 aliphatic rings. The van der Waals surface area contributed by atoms with Crippen LogP contribution in [0.4, 0.5) is 15.8 Å². The van der Waals surface area contributed by atoms with Crippen LogP contribution in [0.3, 0.4) is 0 Å².